The van der Waals surface area contributed by atoms with Crippen LogP contribution in [0.5, 0.6) is 0 Å². The summed E-state index contributed by atoms with van der Waals surface area (Å²) in [7, 11) is 0. The molecular formula is C21H22N4O2S. The van der Waals surface area contributed by atoms with Crippen molar-refractivity contribution < 1.29 is 9.21 Å². The van der Waals surface area contributed by atoms with Gasteiger partial charge in [0.1, 0.15) is 6.07 Å². The molecule has 4 aliphatic rings. The Hall–Kier alpha value is -2.33. The molecule has 7 heteroatoms. The summed E-state index contributed by atoms with van der Waals surface area (Å²) in [6.07, 6.45) is 7.65. The molecule has 1 aromatic heterocycles. The Bertz CT molecular complexity index is 913. The minimum Gasteiger partial charge on any atom is -0.415 e. The maximum atomic E-state index is 12.3. The Labute approximate surface area is 168 Å². The first-order valence-corrected chi connectivity index (χ1v) is 10.9. The summed E-state index contributed by atoms with van der Waals surface area (Å²) in [6.45, 7) is 0. The van der Waals surface area contributed by atoms with Crippen LogP contribution in [-0.4, -0.2) is 21.9 Å². The summed E-state index contributed by atoms with van der Waals surface area (Å²) in [5.41, 5.74) is 1.05. The molecule has 6 nitrogen and oxygen atoms in total. The molecule has 0 saturated heterocycles. The van der Waals surface area contributed by atoms with Gasteiger partial charge in [0.2, 0.25) is 11.8 Å². The van der Waals surface area contributed by atoms with E-state index < -0.39 is 0 Å². The number of carbonyl (C=O) groups is 1. The number of para-hydroxylation sites is 1. The van der Waals surface area contributed by atoms with Crippen LogP contribution in [-0.2, 0) is 10.2 Å². The molecule has 0 atom stereocenters. The van der Waals surface area contributed by atoms with E-state index in [4.69, 9.17) is 9.68 Å². The van der Waals surface area contributed by atoms with Crippen LogP contribution in [0.15, 0.2) is 33.9 Å². The highest BCUT2D eigenvalue weighted by Crippen LogP contribution is 2.60. The van der Waals surface area contributed by atoms with Crippen molar-refractivity contribution in [3.8, 4) is 6.07 Å². The highest BCUT2D eigenvalue weighted by Gasteiger charge is 2.54. The number of nitrogens with zero attached hydrogens (tertiary/aromatic N) is 3. The van der Waals surface area contributed by atoms with Crippen molar-refractivity contribution in [1.82, 2.24) is 10.2 Å². The number of hydrogen-bond acceptors (Lipinski definition) is 6. The largest absolute Gasteiger partial charge is 0.415 e. The van der Waals surface area contributed by atoms with Gasteiger partial charge in [-0.15, -0.1) is 10.2 Å². The van der Waals surface area contributed by atoms with Crippen LogP contribution in [0.4, 0.5) is 5.69 Å². The van der Waals surface area contributed by atoms with Gasteiger partial charge in [0.05, 0.1) is 17.0 Å². The maximum Gasteiger partial charge on any atom is 0.277 e. The zero-order valence-electron chi connectivity index (χ0n) is 15.6. The second-order valence-corrected chi connectivity index (χ2v) is 9.49. The molecule has 1 N–H and O–H groups in total. The van der Waals surface area contributed by atoms with Gasteiger partial charge in [-0.2, -0.15) is 5.26 Å². The SMILES string of the molecule is N#Cc1ccccc1NC(=O)CSc1nnc(C23CC4CC(CC(C4)C2)C3)o1. The minimum atomic E-state index is -0.192. The van der Waals surface area contributed by atoms with E-state index in [1.54, 1.807) is 24.3 Å². The normalized spacial score (nSPS) is 30.2. The van der Waals surface area contributed by atoms with Crippen molar-refractivity contribution in [2.45, 2.75) is 49.2 Å². The fraction of sp³-hybridized carbons (Fsp3) is 0.524. The van der Waals surface area contributed by atoms with E-state index in [0.717, 1.165) is 23.6 Å². The average molecular weight is 395 g/mol. The van der Waals surface area contributed by atoms with Crippen LogP contribution in [0.2, 0.25) is 0 Å². The molecule has 1 aromatic carbocycles. The van der Waals surface area contributed by atoms with Gasteiger partial charge in [-0.3, -0.25) is 4.79 Å². The Kier molecular flexibility index (Phi) is 4.39. The van der Waals surface area contributed by atoms with Gasteiger partial charge >= 0.3 is 0 Å². The molecule has 6 rings (SSSR count). The molecule has 2 aromatic rings. The number of amides is 1. The highest BCUT2D eigenvalue weighted by atomic mass is 32.2. The second kappa shape index (κ2) is 6.93. The Morgan fingerprint density at radius 1 is 1.18 bits per heavy atom. The number of nitriles is 1. The minimum absolute atomic E-state index is 0.0779. The molecule has 0 unspecified atom stereocenters. The van der Waals surface area contributed by atoms with Gasteiger partial charge in [-0.05, 0) is 68.4 Å². The highest BCUT2D eigenvalue weighted by molar-refractivity contribution is 7.99. The molecule has 1 amide bonds. The van der Waals surface area contributed by atoms with Crippen LogP contribution in [0.1, 0.15) is 50.0 Å². The summed E-state index contributed by atoms with van der Waals surface area (Å²) >= 11 is 1.25. The van der Waals surface area contributed by atoms with Crippen molar-refractivity contribution in [2.75, 3.05) is 11.1 Å². The van der Waals surface area contributed by atoms with Crippen LogP contribution in [0.25, 0.3) is 0 Å². The predicted octanol–water partition coefficient (Wildman–Crippen LogP) is 4.14. The fourth-order valence-electron chi connectivity index (χ4n) is 5.86. The molecule has 144 valence electrons. The molecule has 4 fully saturated rings. The molecule has 4 bridgehead atoms. The average Bonchev–Trinajstić information content (AvgIpc) is 3.16. The zero-order chi connectivity index (χ0) is 19.1. The molecule has 1 heterocycles. The van der Waals surface area contributed by atoms with E-state index in [9.17, 15) is 4.79 Å². The third-order valence-electron chi connectivity index (χ3n) is 6.55. The molecule has 28 heavy (non-hydrogen) atoms. The van der Waals surface area contributed by atoms with Gasteiger partial charge in [-0.25, -0.2) is 0 Å². The topological polar surface area (TPSA) is 91.8 Å². The Balaban J connectivity index is 1.23. The third kappa shape index (κ3) is 3.20. The van der Waals surface area contributed by atoms with Gasteiger partial charge < -0.3 is 9.73 Å². The number of benzene rings is 1. The number of hydrogen-bond donors (Lipinski definition) is 1. The number of thioether (sulfide) groups is 1. The van der Waals surface area contributed by atoms with E-state index in [-0.39, 0.29) is 17.1 Å². The predicted molar refractivity (Wildman–Crippen MR) is 105 cm³/mol. The van der Waals surface area contributed by atoms with Crippen LogP contribution in [0, 0.1) is 29.1 Å². The first-order valence-electron chi connectivity index (χ1n) is 9.89. The van der Waals surface area contributed by atoms with Crippen LogP contribution < -0.4 is 5.32 Å². The zero-order valence-corrected chi connectivity index (χ0v) is 16.4. The van der Waals surface area contributed by atoms with Crippen molar-refractivity contribution in [3.05, 3.63) is 35.7 Å². The van der Waals surface area contributed by atoms with E-state index >= 15 is 0 Å². The van der Waals surface area contributed by atoms with Crippen molar-refractivity contribution in [2.24, 2.45) is 17.8 Å². The van der Waals surface area contributed by atoms with E-state index in [1.165, 1.54) is 50.3 Å². The van der Waals surface area contributed by atoms with Crippen molar-refractivity contribution in [1.29, 1.82) is 5.26 Å². The van der Waals surface area contributed by atoms with Crippen LogP contribution in [0.3, 0.4) is 0 Å². The number of anilines is 1. The second-order valence-electron chi connectivity index (χ2n) is 8.57. The lowest BCUT2D eigenvalue weighted by Gasteiger charge is -2.55. The smallest absolute Gasteiger partial charge is 0.277 e. The summed E-state index contributed by atoms with van der Waals surface area (Å²) in [6, 6.07) is 9.04. The fourth-order valence-corrected chi connectivity index (χ4v) is 6.42. The first-order chi connectivity index (χ1) is 13.6. The number of carbonyl (C=O) groups excluding carboxylic acids is 1. The summed E-state index contributed by atoms with van der Waals surface area (Å²) in [5, 5.41) is 20.9. The standard InChI is InChI=1S/C21H22N4O2S/c22-11-16-3-1-2-4-17(16)23-18(26)12-28-20-25-24-19(27-20)21-8-13-5-14(9-21)7-15(6-13)10-21/h1-4,13-15H,5-10,12H2,(H,23,26). The summed E-state index contributed by atoms with van der Waals surface area (Å²) in [4.78, 5) is 12.3. The third-order valence-corrected chi connectivity index (χ3v) is 7.37. The van der Waals surface area contributed by atoms with Gasteiger partial charge in [0.25, 0.3) is 5.22 Å². The van der Waals surface area contributed by atoms with Gasteiger partial charge in [0, 0.05) is 5.41 Å². The quantitative estimate of drug-likeness (QED) is 0.766. The maximum absolute atomic E-state index is 12.3. The lowest BCUT2D eigenvalue weighted by atomic mass is 9.49. The Morgan fingerprint density at radius 3 is 2.54 bits per heavy atom. The monoisotopic (exact) mass is 394 g/mol. The van der Waals surface area contributed by atoms with E-state index in [2.05, 4.69) is 21.6 Å². The molecular weight excluding hydrogens is 372 g/mol. The number of aromatic nitrogens is 2. The van der Waals surface area contributed by atoms with Gasteiger partial charge in [0.15, 0.2) is 0 Å². The number of rotatable bonds is 5. The summed E-state index contributed by atoms with van der Waals surface area (Å²) in [5.74, 6) is 3.22. The van der Waals surface area contributed by atoms with Crippen molar-refractivity contribution >= 4 is 23.4 Å². The lowest BCUT2D eigenvalue weighted by Crippen LogP contribution is -2.48. The van der Waals surface area contributed by atoms with Crippen LogP contribution >= 0.6 is 11.8 Å². The van der Waals surface area contributed by atoms with E-state index in [1.807, 2.05) is 0 Å². The molecule has 4 aliphatic carbocycles. The number of nitrogens with one attached hydrogen (secondary N) is 1. The van der Waals surface area contributed by atoms with E-state index in [0.29, 0.717) is 16.5 Å². The van der Waals surface area contributed by atoms with Crippen molar-refractivity contribution in [3.63, 3.8) is 0 Å². The molecule has 0 radical (unpaired) electrons. The van der Waals surface area contributed by atoms with Gasteiger partial charge in [-0.1, -0.05) is 23.9 Å². The first kappa shape index (κ1) is 17.7. The Morgan fingerprint density at radius 2 is 1.86 bits per heavy atom. The molecule has 4 saturated carbocycles. The lowest BCUT2D eigenvalue weighted by molar-refractivity contribution is -0.113. The molecule has 0 aliphatic heterocycles. The summed E-state index contributed by atoms with van der Waals surface area (Å²) < 4.78 is 6.02. The molecule has 0 spiro atoms.